The number of likely N-dealkylation sites (tertiary alicyclic amines) is 1. The first kappa shape index (κ1) is 32.8. The van der Waals surface area contributed by atoms with Crippen molar-refractivity contribution in [3.8, 4) is 0 Å². The number of carbonyl (C=O) groups excluding carboxylic acids is 3. The fourth-order valence-corrected chi connectivity index (χ4v) is 5.21. The molecule has 42 heavy (non-hydrogen) atoms. The van der Waals surface area contributed by atoms with Gasteiger partial charge in [-0.25, -0.2) is 14.4 Å². The molecule has 0 aliphatic carbocycles. The Balaban J connectivity index is 1.47. The van der Waals surface area contributed by atoms with Gasteiger partial charge in [-0.3, -0.25) is 13.9 Å². The maximum atomic E-state index is 13.2. The molecule has 2 aromatic rings. The summed E-state index contributed by atoms with van der Waals surface area (Å²) in [5.74, 6) is -2.26. The fraction of sp³-hybridized carbons (Fsp3) is 0.448. The third kappa shape index (κ3) is 10.9. The van der Waals surface area contributed by atoms with Gasteiger partial charge in [-0.1, -0.05) is 48.5 Å². The molecular formula is C29H37N2O10P. The Bertz CT molecular complexity index is 1200. The number of amides is 2. The summed E-state index contributed by atoms with van der Waals surface area (Å²) in [6.45, 7) is 1.99. The zero-order valence-electron chi connectivity index (χ0n) is 23.4. The summed E-state index contributed by atoms with van der Waals surface area (Å²) < 4.78 is 33.9. The number of hydrogen-bond donors (Lipinski definition) is 2. The average molecular weight is 605 g/mol. The summed E-state index contributed by atoms with van der Waals surface area (Å²) in [6, 6.07) is 16.6. The van der Waals surface area contributed by atoms with Crippen LogP contribution in [0.3, 0.4) is 0 Å². The predicted molar refractivity (Wildman–Crippen MR) is 152 cm³/mol. The average Bonchev–Trinajstić information content (AvgIpc) is 3.49. The molecular weight excluding hydrogens is 567 g/mol. The SMILES string of the molecule is CC(CO[PH](=O)O[C@@H](CCCCNC(=O)OCc1ccccc1)C(=O)N1CCC[C@H]1C(=O)O)OC(=O)c1ccccc1. The Morgan fingerprint density at radius 2 is 1.74 bits per heavy atom. The van der Waals surface area contributed by atoms with Crippen LogP contribution in [-0.4, -0.2) is 71.9 Å². The predicted octanol–water partition coefficient (Wildman–Crippen LogP) is 4.20. The summed E-state index contributed by atoms with van der Waals surface area (Å²) in [5.41, 5.74) is 1.21. The van der Waals surface area contributed by atoms with Crippen LogP contribution in [0.1, 0.15) is 54.9 Å². The highest BCUT2D eigenvalue weighted by atomic mass is 31.1. The van der Waals surface area contributed by atoms with Gasteiger partial charge in [-0.2, -0.15) is 0 Å². The number of nitrogens with one attached hydrogen (secondary N) is 1. The number of carboxylic acids is 1. The molecule has 0 spiro atoms. The minimum atomic E-state index is -3.21. The maximum Gasteiger partial charge on any atom is 0.407 e. The van der Waals surface area contributed by atoms with E-state index < -0.39 is 50.4 Å². The van der Waals surface area contributed by atoms with Crippen molar-refractivity contribution in [3.05, 3.63) is 71.8 Å². The van der Waals surface area contributed by atoms with Gasteiger partial charge in [-0.05, 0) is 56.7 Å². The Morgan fingerprint density at radius 3 is 2.43 bits per heavy atom. The Labute approximate surface area is 245 Å². The van der Waals surface area contributed by atoms with Crippen LogP contribution in [0.2, 0.25) is 0 Å². The van der Waals surface area contributed by atoms with Gasteiger partial charge in [0.2, 0.25) is 0 Å². The number of esters is 1. The van der Waals surface area contributed by atoms with Crippen LogP contribution in [0.5, 0.6) is 0 Å². The molecule has 2 amide bonds. The van der Waals surface area contributed by atoms with Gasteiger partial charge in [-0.15, -0.1) is 0 Å². The highest BCUT2D eigenvalue weighted by Crippen LogP contribution is 2.31. The highest BCUT2D eigenvalue weighted by Gasteiger charge is 2.38. The molecule has 1 fully saturated rings. The van der Waals surface area contributed by atoms with E-state index in [2.05, 4.69) is 5.32 Å². The van der Waals surface area contributed by atoms with E-state index in [1.165, 1.54) is 4.90 Å². The minimum absolute atomic E-state index is 0.126. The van der Waals surface area contributed by atoms with Gasteiger partial charge >= 0.3 is 26.3 Å². The largest absolute Gasteiger partial charge is 0.480 e. The molecule has 12 nitrogen and oxygen atoms in total. The molecule has 1 saturated heterocycles. The number of hydrogen-bond acceptors (Lipinski definition) is 9. The molecule has 1 aliphatic heterocycles. The number of ether oxygens (including phenoxy) is 2. The van der Waals surface area contributed by atoms with E-state index in [0.717, 1.165) is 5.56 Å². The van der Waals surface area contributed by atoms with Gasteiger partial charge in [0.25, 0.3) is 5.91 Å². The van der Waals surface area contributed by atoms with Gasteiger partial charge in [0.1, 0.15) is 24.9 Å². The second kappa shape index (κ2) is 17.3. The summed E-state index contributed by atoms with van der Waals surface area (Å²) in [7, 11) is -3.21. The second-order valence-electron chi connectivity index (χ2n) is 9.76. The lowest BCUT2D eigenvalue weighted by atomic mass is 10.1. The minimum Gasteiger partial charge on any atom is -0.480 e. The van der Waals surface area contributed by atoms with Gasteiger partial charge in [0.15, 0.2) is 0 Å². The molecule has 0 aromatic heterocycles. The molecule has 2 unspecified atom stereocenters. The second-order valence-corrected chi connectivity index (χ2v) is 10.8. The summed E-state index contributed by atoms with van der Waals surface area (Å²) in [4.78, 5) is 50.2. The van der Waals surface area contributed by atoms with Crippen molar-refractivity contribution in [2.75, 3.05) is 19.7 Å². The van der Waals surface area contributed by atoms with Crippen LogP contribution >= 0.6 is 8.25 Å². The molecule has 2 aromatic carbocycles. The van der Waals surface area contributed by atoms with Crippen molar-refractivity contribution in [1.29, 1.82) is 0 Å². The first-order chi connectivity index (χ1) is 20.2. The van der Waals surface area contributed by atoms with Crippen LogP contribution in [0, 0.1) is 0 Å². The lowest BCUT2D eigenvalue weighted by Gasteiger charge is -2.26. The van der Waals surface area contributed by atoms with Crippen molar-refractivity contribution in [1.82, 2.24) is 10.2 Å². The summed E-state index contributed by atoms with van der Waals surface area (Å²) in [6.07, 6.45) is -0.689. The normalized spacial score (nSPS) is 16.7. The van der Waals surface area contributed by atoms with Gasteiger partial charge < -0.3 is 29.3 Å². The number of carbonyl (C=O) groups is 4. The first-order valence-electron chi connectivity index (χ1n) is 13.8. The van der Waals surface area contributed by atoms with Crippen molar-refractivity contribution >= 4 is 32.2 Å². The van der Waals surface area contributed by atoms with E-state index in [1.807, 2.05) is 30.3 Å². The molecule has 4 atom stereocenters. The first-order valence-corrected chi connectivity index (χ1v) is 15.0. The maximum absolute atomic E-state index is 13.2. The number of nitrogens with zero attached hydrogens (tertiary/aromatic N) is 1. The standard InChI is InChI=1S/C29H37N2O10P/c1-21(40-28(35)23-13-6-3-7-14-23)19-39-42(37)41-25(26(32)31-18-10-15-24(31)27(33)34)16-8-9-17-30-29(36)38-20-22-11-4-2-5-12-22/h2-7,11-14,21,24-25,42H,8-10,15-20H2,1H3,(H,30,36)(H,33,34)/t21?,24-,25-/m0/s1. The Hall–Kier alpha value is -3.73. The number of alkyl carbamates (subject to hydrolysis) is 1. The molecule has 3 rings (SSSR count). The van der Waals surface area contributed by atoms with Crippen molar-refractivity contribution in [2.24, 2.45) is 0 Å². The topological polar surface area (TPSA) is 158 Å². The lowest BCUT2D eigenvalue weighted by Crippen LogP contribution is -2.45. The zero-order chi connectivity index (χ0) is 30.3. The molecule has 228 valence electrons. The summed E-state index contributed by atoms with van der Waals surface area (Å²) in [5, 5.41) is 12.1. The number of aliphatic carboxylic acids is 1. The van der Waals surface area contributed by atoms with E-state index in [-0.39, 0.29) is 32.7 Å². The number of rotatable bonds is 16. The quantitative estimate of drug-likeness (QED) is 0.162. The molecule has 0 bridgehead atoms. The zero-order valence-corrected chi connectivity index (χ0v) is 24.4. The van der Waals surface area contributed by atoms with E-state index in [4.69, 9.17) is 18.5 Å². The van der Waals surface area contributed by atoms with Crippen LogP contribution < -0.4 is 5.32 Å². The Morgan fingerprint density at radius 1 is 1.05 bits per heavy atom. The van der Waals surface area contributed by atoms with E-state index >= 15 is 0 Å². The molecule has 0 saturated carbocycles. The molecule has 13 heteroatoms. The van der Waals surface area contributed by atoms with Crippen LogP contribution in [-0.2, 0) is 39.3 Å². The molecule has 1 heterocycles. The number of unbranched alkanes of at least 4 members (excludes halogenated alkanes) is 1. The fourth-order valence-electron chi connectivity index (χ4n) is 4.32. The van der Waals surface area contributed by atoms with Crippen LogP contribution in [0.25, 0.3) is 0 Å². The van der Waals surface area contributed by atoms with Gasteiger partial charge in [0, 0.05) is 13.1 Å². The monoisotopic (exact) mass is 604 g/mol. The van der Waals surface area contributed by atoms with E-state index in [0.29, 0.717) is 31.2 Å². The van der Waals surface area contributed by atoms with Gasteiger partial charge in [0.05, 0.1) is 12.2 Å². The van der Waals surface area contributed by atoms with Crippen LogP contribution in [0.4, 0.5) is 4.79 Å². The van der Waals surface area contributed by atoms with E-state index in [1.54, 1.807) is 37.3 Å². The Kier molecular flexibility index (Phi) is 13.5. The van der Waals surface area contributed by atoms with Crippen molar-refractivity contribution < 1.29 is 47.4 Å². The smallest absolute Gasteiger partial charge is 0.407 e. The molecule has 1 aliphatic rings. The number of carboxylic acid groups (broad SMARTS) is 1. The third-order valence-corrected chi connectivity index (χ3v) is 7.34. The number of benzene rings is 2. The highest BCUT2D eigenvalue weighted by molar-refractivity contribution is 7.33. The molecule has 0 radical (unpaired) electrons. The summed E-state index contributed by atoms with van der Waals surface area (Å²) >= 11 is 0. The van der Waals surface area contributed by atoms with Crippen molar-refractivity contribution in [3.63, 3.8) is 0 Å². The lowest BCUT2D eigenvalue weighted by molar-refractivity contribution is -0.151. The van der Waals surface area contributed by atoms with Crippen LogP contribution in [0.15, 0.2) is 60.7 Å². The van der Waals surface area contributed by atoms with E-state index in [9.17, 15) is 28.8 Å². The molecule has 2 N–H and O–H groups in total. The third-order valence-electron chi connectivity index (χ3n) is 6.46. The van der Waals surface area contributed by atoms with Crippen molar-refractivity contribution in [2.45, 2.75) is 63.9 Å².